The molecule has 0 radical (unpaired) electrons. The second-order valence-electron chi connectivity index (χ2n) is 5.10. The van der Waals surface area contributed by atoms with Crippen LogP contribution in [0.1, 0.15) is 11.3 Å². The van der Waals surface area contributed by atoms with E-state index in [1.807, 2.05) is 37.4 Å². The number of nitrogens with zero attached hydrogens (tertiary/aromatic N) is 1. The van der Waals surface area contributed by atoms with E-state index in [0.29, 0.717) is 12.2 Å². The van der Waals surface area contributed by atoms with Gasteiger partial charge in [0.1, 0.15) is 0 Å². The lowest BCUT2D eigenvalue weighted by Crippen LogP contribution is -2.37. The second-order valence-corrected chi connectivity index (χ2v) is 5.10. The van der Waals surface area contributed by atoms with Gasteiger partial charge in [-0.15, -0.1) is 0 Å². The van der Waals surface area contributed by atoms with Crippen LogP contribution in [0.25, 0.3) is 10.9 Å². The standard InChI is InChI=1S/C15H17N5O/c1-9-6-14(20-19-9)18-15(21)12(16)7-10-8-17-13-5-3-2-4-11(10)13/h2-6,8,12,17H,7,16H2,1H3,(H2,18,19,20,21)/t12-/m0/s1. The van der Waals surface area contributed by atoms with Crippen LogP contribution in [0.15, 0.2) is 36.5 Å². The highest BCUT2D eigenvalue weighted by Crippen LogP contribution is 2.19. The predicted octanol–water partition coefficient (Wildman–Crippen LogP) is 1.71. The number of carbonyl (C=O) groups is 1. The summed E-state index contributed by atoms with van der Waals surface area (Å²) < 4.78 is 0. The van der Waals surface area contributed by atoms with Gasteiger partial charge >= 0.3 is 0 Å². The molecular weight excluding hydrogens is 266 g/mol. The molecule has 3 rings (SSSR count). The van der Waals surface area contributed by atoms with Gasteiger partial charge in [-0.25, -0.2) is 0 Å². The van der Waals surface area contributed by atoms with Crippen LogP contribution in [-0.2, 0) is 11.2 Å². The third kappa shape index (κ3) is 2.80. The fourth-order valence-electron chi connectivity index (χ4n) is 2.33. The molecule has 0 saturated heterocycles. The molecule has 2 heterocycles. The Morgan fingerprint density at radius 1 is 1.43 bits per heavy atom. The lowest BCUT2D eigenvalue weighted by Gasteiger charge is -2.10. The number of carbonyl (C=O) groups excluding carboxylic acids is 1. The molecule has 21 heavy (non-hydrogen) atoms. The second kappa shape index (κ2) is 5.41. The zero-order valence-corrected chi connectivity index (χ0v) is 11.7. The summed E-state index contributed by atoms with van der Waals surface area (Å²) in [6.45, 7) is 1.87. The quantitative estimate of drug-likeness (QED) is 0.586. The van der Waals surface area contributed by atoms with Crippen LogP contribution in [-0.4, -0.2) is 27.1 Å². The zero-order valence-electron chi connectivity index (χ0n) is 11.7. The van der Waals surface area contributed by atoms with Crippen molar-refractivity contribution in [2.45, 2.75) is 19.4 Å². The molecule has 5 N–H and O–H groups in total. The Labute approximate surface area is 121 Å². The van der Waals surface area contributed by atoms with Crippen LogP contribution in [0.3, 0.4) is 0 Å². The molecule has 0 saturated carbocycles. The number of nitrogens with one attached hydrogen (secondary N) is 3. The third-order valence-electron chi connectivity index (χ3n) is 3.41. The van der Waals surface area contributed by atoms with E-state index in [9.17, 15) is 4.79 Å². The van der Waals surface area contributed by atoms with Crippen molar-refractivity contribution in [2.24, 2.45) is 5.73 Å². The minimum Gasteiger partial charge on any atom is -0.361 e. The number of nitrogens with two attached hydrogens (primary N) is 1. The first-order valence-corrected chi connectivity index (χ1v) is 6.77. The topological polar surface area (TPSA) is 99.6 Å². The smallest absolute Gasteiger partial charge is 0.242 e. The highest BCUT2D eigenvalue weighted by molar-refractivity contribution is 5.94. The van der Waals surface area contributed by atoms with Gasteiger partial charge in [-0.2, -0.15) is 5.10 Å². The normalized spacial score (nSPS) is 12.5. The zero-order chi connectivity index (χ0) is 14.8. The third-order valence-corrected chi connectivity index (χ3v) is 3.41. The largest absolute Gasteiger partial charge is 0.361 e. The van der Waals surface area contributed by atoms with E-state index in [4.69, 9.17) is 5.73 Å². The molecule has 1 atom stereocenters. The van der Waals surface area contributed by atoms with Crippen LogP contribution in [0.4, 0.5) is 5.82 Å². The van der Waals surface area contributed by atoms with Gasteiger partial charge in [0, 0.05) is 28.9 Å². The average molecular weight is 283 g/mol. The van der Waals surface area contributed by atoms with E-state index in [-0.39, 0.29) is 5.91 Å². The molecule has 0 spiro atoms. The van der Waals surface area contributed by atoms with Crippen molar-refractivity contribution in [3.63, 3.8) is 0 Å². The predicted molar refractivity (Wildman–Crippen MR) is 81.9 cm³/mol. The summed E-state index contributed by atoms with van der Waals surface area (Å²) in [6, 6.07) is 9.09. The van der Waals surface area contributed by atoms with Crippen molar-refractivity contribution in [1.82, 2.24) is 15.2 Å². The fraction of sp³-hybridized carbons (Fsp3) is 0.200. The van der Waals surface area contributed by atoms with Crippen LogP contribution in [0, 0.1) is 6.92 Å². The molecule has 0 unspecified atom stereocenters. The van der Waals surface area contributed by atoms with Crippen molar-refractivity contribution in [3.05, 3.63) is 47.8 Å². The molecular formula is C15H17N5O. The van der Waals surface area contributed by atoms with E-state index >= 15 is 0 Å². The lowest BCUT2D eigenvalue weighted by molar-refractivity contribution is -0.117. The number of rotatable bonds is 4. The summed E-state index contributed by atoms with van der Waals surface area (Å²) in [5.74, 6) is 0.249. The molecule has 0 fully saturated rings. The molecule has 0 bridgehead atoms. The maximum absolute atomic E-state index is 12.1. The van der Waals surface area contributed by atoms with Crippen LogP contribution < -0.4 is 11.1 Å². The molecule has 1 amide bonds. The first kappa shape index (κ1) is 13.4. The van der Waals surface area contributed by atoms with Gasteiger partial charge in [0.25, 0.3) is 0 Å². The number of H-pyrrole nitrogens is 2. The summed E-state index contributed by atoms with van der Waals surface area (Å²) in [5.41, 5.74) is 8.95. The van der Waals surface area contributed by atoms with Crippen LogP contribution in [0.5, 0.6) is 0 Å². The van der Waals surface area contributed by atoms with E-state index in [2.05, 4.69) is 20.5 Å². The van der Waals surface area contributed by atoms with Gasteiger partial charge in [-0.3, -0.25) is 9.89 Å². The molecule has 6 nitrogen and oxygen atoms in total. The fourth-order valence-corrected chi connectivity index (χ4v) is 2.33. The van der Waals surface area contributed by atoms with Gasteiger partial charge in [-0.05, 0) is 25.0 Å². The Bertz CT molecular complexity index is 773. The summed E-state index contributed by atoms with van der Waals surface area (Å²) >= 11 is 0. The van der Waals surface area contributed by atoms with Gasteiger partial charge in [0.2, 0.25) is 5.91 Å². The van der Waals surface area contributed by atoms with Crippen molar-refractivity contribution in [1.29, 1.82) is 0 Å². The number of para-hydroxylation sites is 1. The maximum Gasteiger partial charge on any atom is 0.242 e. The summed E-state index contributed by atoms with van der Waals surface area (Å²) in [7, 11) is 0. The summed E-state index contributed by atoms with van der Waals surface area (Å²) in [5, 5.41) is 10.5. The van der Waals surface area contributed by atoms with Crippen LogP contribution >= 0.6 is 0 Å². The number of aromatic amines is 2. The number of amides is 1. The maximum atomic E-state index is 12.1. The molecule has 2 aromatic heterocycles. The Balaban J connectivity index is 1.70. The lowest BCUT2D eigenvalue weighted by atomic mass is 10.1. The number of aryl methyl sites for hydroxylation is 1. The van der Waals surface area contributed by atoms with E-state index in [0.717, 1.165) is 22.2 Å². The number of benzene rings is 1. The Morgan fingerprint density at radius 2 is 2.24 bits per heavy atom. The molecule has 3 aromatic rings. The van der Waals surface area contributed by atoms with Crippen LogP contribution in [0.2, 0.25) is 0 Å². The molecule has 0 aliphatic carbocycles. The van der Waals surface area contributed by atoms with E-state index < -0.39 is 6.04 Å². The van der Waals surface area contributed by atoms with E-state index in [1.54, 1.807) is 6.07 Å². The highest BCUT2D eigenvalue weighted by Gasteiger charge is 2.17. The van der Waals surface area contributed by atoms with Crippen molar-refractivity contribution in [2.75, 3.05) is 5.32 Å². The SMILES string of the molecule is Cc1cc(NC(=O)[C@@H](N)Cc2c[nH]c3ccccc23)n[nH]1. The van der Waals surface area contributed by atoms with Gasteiger partial charge < -0.3 is 16.0 Å². The Kier molecular flexibility index (Phi) is 3.45. The number of fused-ring (bicyclic) bond motifs is 1. The molecule has 108 valence electrons. The molecule has 6 heteroatoms. The Hall–Kier alpha value is -2.60. The number of hydrogen-bond acceptors (Lipinski definition) is 3. The Morgan fingerprint density at radius 3 is 3.00 bits per heavy atom. The minimum atomic E-state index is -0.624. The van der Waals surface area contributed by atoms with Gasteiger partial charge in [0.05, 0.1) is 6.04 Å². The first-order valence-electron chi connectivity index (χ1n) is 6.77. The van der Waals surface area contributed by atoms with Gasteiger partial charge in [0.15, 0.2) is 5.82 Å². The molecule has 0 aliphatic rings. The highest BCUT2D eigenvalue weighted by atomic mass is 16.2. The molecule has 1 aromatic carbocycles. The van der Waals surface area contributed by atoms with Crippen molar-refractivity contribution >= 4 is 22.6 Å². The summed E-state index contributed by atoms with van der Waals surface area (Å²) in [4.78, 5) is 15.3. The monoisotopic (exact) mass is 283 g/mol. The van der Waals surface area contributed by atoms with Crippen molar-refractivity contribution in [3.8, 4) is 0 Å². The van der Waals surface area contributed by atoms with E-state index in [1.165, 1.54) is 0 Å². The number of hydrogen-bond donors (Lipinski definition) is 4. The average Bonchev–Trinajstić information content (AvgIpc) is 3.06. The van der Waals surface area contributed by atoms with Gasteiger partial charge in [-0.1, -0.05) is 18.2 Å². The summed E-state index contributed by atoms with van der Waals surface area (Å²) in [6.07, 6.45) is 2.37. The van der Waals surface area contributed by atoms with Crippen molar-refractivity contribution < 1.29 is 4.79 Å². The molecule has 0 aliphatic heterocycles. The minimum absolute atomic E-state index is 0.244. The number of anilines is 1. The number of aromatic nitrogens is 3. The first-order chi connectivity index (χ1) is 10.1.